The van der Waals surface area contributed by atoms with E-state index < -0.39 is 0 Å². The van der Waals surface area contributed by atoms with E-state index in [1.54, 1.807) is 20.2 Å². The van der Waals surface area contributed by atoms with Crippen molar-refractivity contribution in [3.63, 3.8) is 0 Å². The predicted octanol–water partition coefficient (Wildman–Crippen LogP) is 3.79. The first-order valence-electron chi connectivity index (χ1n) is 8.66. The van der Waals surface area contributed by atoms with Gasteiger partial charge in [0.15, 0.2) is 5.96 Å². The average molecular weight is 481 g/mol. The minimum Gasteiger partial charge on any atom is -0.497 e. The average Bonchev–Trinajstić information content (AvgIpc) is 2.69. The number of nitrogens with zero attached hydrogens (tertiary/aromatic N) is 1. The number of hydrogen-bond donors (Lipinski definition) is 2. The van der Waals surface area contributed by atoms with Crippen molar-refractivity contribution in [3.05, 3.63) is 72.3 Å². The number of aliphatic imine (C=N–C) groups is 1. The van der Waals surface area contributed by atoms with Crippen LogP contribution in [0.3, 0.4) is 0 Å². The van der Waals surface area contributed by atoms with Crippen LogP contribution in [0.15, 0.2) is 66.2 Å². The van der Waals surface area contributed by atoms with Gasteiger partial charge in [0.25, 0.3) is 0 Å². The van der Waals surface area contributed by atoms with Gasteiger partial charge in [-0.25, -0.2) is 0 Å². The summed E-state index contributed by atoms with van der Waals surface area (Å²) >= 11 is 0. The zero-order chi connectivity index (χ0) is 18.6. The van der Waals surface area contributed by atoms with Crippen LogP contribution in [0.1, 0.15) is 11.1 Å². The van der Waals surface area contributed by atoms with Crippen molar-refractivity contribution >= 4 is 29.9 Å². The van der Waals surface area contributed by atoms with Crippen molar-refractivity contribution in [2.24, 2.45) is 4.99 Å². The first-order chi connectivity index (χ1) is 12.8. The van der Waals surface area contributed by atoms with Crippen LogP contribution in [-0.4, -0.2) is 33.3 Å². The van der Waals surface area contributed by atoms with E-state index in [2.05, 4.69) is 28.3 Å². The van der Waals surface area contributed by atoms with E-state index in [1.807, 2.05) is 42.5 Å². The van der Waals surface area contributed by atoms with Gasteiger partial charge < -0.3 is 20.1 Å². The van der Waals surface area contributed by atoms with Crippen LogP contribution in [0.5, 0.6) is 11.5 Å². The van der Waals surface area contributed by atoms with Crippen molar-refractivity contribution in [1.29, 1.82) is 0 Å². The molecule has 5 nitrogen and oxygen atoms in total. The molecule has 0 aromatic heterocycles. The van der Waals surface area contributed by atoms with E-state index in [0.717, 1.165) is 36.0 Å². The highest BCUT2D eigenvalue weighted by Gasteiger charge is 2.04. The molecule has 6 heteroatoms. The lowest BCUT2D eigenvalue weighted by Crippen LogP contribution is -2.37. The van der Waals surface area contributed by atoms with Crippen molar-refractivity contribution in [1.82, 2.24) is 10.6 Å². The first kappa shape index (κ1) is 22.8. The molecule has 2 rings (SSSR count). The lowest BCUT2D eigenvalue weighted by molar-refractivity contribution is 0.358. The summed E-state index contributed by atoms with van der Waals surface area (Å²) in [4.78, 5) is 4.27. The van der Waals surface area contributed by atoms with E-state index in [-0.39, 0.29) is 24.0 Å². The lowest BCUT2D eigenvalue weighted by atomic mass is 10.1. The minimum absolute atomic E-state index is 0. The van der Waals surface area contributed by atoms with E-state index in [1.165, 1.54) is 5.56 Å². The summed E-state index contributed by atoms with van der Waals surface area (Å²) in [6.45, 7) is 5.59. The summed E-state index contributed by atoms with van der Waals surface area (Å²) in [6.07, 6.45) is 2.63. The Bertz CT molecular complexity index is 735. The number of halogens is 1. The van der Waals surface area contributed by atoms with Crippen LogP contribution in [0.25, 0.3) is 0 Å². The summed E-state index contributed by atoms with van der Waals surface area (Å²) in [6, 6.07) is 16.0. The van der Waals surface area contributed by atoms with Crippen molar-refractivity contribution in [3.8, 4) is 11.5 Å². The molecule has 0 atom stereocenters. The zero-order valence-corrected chi connectivity index (χ0v) is 18.2. The Balaban J connectivity index is 0.00000364. The number of hydrogen-bond acceptors (Lipinski definition) is 3. The largest absolute Gasteiger partial charge is 0.497 e. The van der Waals surface area contributed by atoms with Gasteiger partial charge in [0.1, 0.15) is 18.1 Å². The van der Waals surface area contributed by atoms with Crippen LogP contribution in [0, 0.1) is 0 Å². The Morgan fingerprint density at radius 2 is 1.96 bits per heavy atom. The van der Waals surface area contributed by atoms with Gasteiger partial charge in [-0.05, 0) is 30.2 Å². The molecule has 0 heterocycles. The fourth-order valence-electron chi connectivity index (χ4n) is 2.49. The third kappa shape index (κ3) is 7.90. The highest BCUT2D eigenvalue weighted by molar-refractivity contribution is 14.0. The molecule has 0 unspecified atom stereocenters. The maximum atomic E-state index is 5.68. The topological polar surface area (TPSA) is 54.9 Å². The molecular weight excluding hydrogens is 453 g/mol. The van der Waals surface area contributed by atoms with Gasteiger partial charge in [-0.1, -0.05) is 43.0 Å². The second-order valence-electron chi connectivity index (χ2n) is 5.66. The number of ether oxygens (including phenoxy) is 2. The summed E-state index contributed by atoms with van der Waals surface area (Å²) in [5.74, 6) is 2.49. The fraction of sp³-hybridized carbons (Fsp3) is 0.286. The SMILES string of the molecule is C=CCOc1ccccc1CNC(=NC)NCCc1cccc(OC)c1.I. The molecule has 146 valence electrons. The normalized spacial score (nSPS) is 10.5. The summed E-state index contributed by atoms with van der Waals surface area (Å²) < 4.78 is 10.9. The summed E-state index contributed by atoms with van der Waals surface area (Å²) in [5, 5.41) is 6.65. The van der Waals surface area contributed by atoms with Gasteiger partial charge in [-0.3, -0.25) is 4.99 Å². The highest BCUT2D eigenvalue weighted by Crippen LogP contribution is 2.17. The van der Waals surface area contributed by atoms with Gasteiger partial charge in [-0.15, -0.1) is 24.0 Å². The Morgan fingerprint density at radius 1 is 1.15 bits per heavy atom. The van der Waals surface area contributed by atoms with Gasteiger partial charge in [0, 0.05) is 25.7 Å². The van der Waals surface area contributed by atoms with Crippen LogP contribution < -0.4 is 20.1 Å². The molecule has 0 radical (unpaired) electrons. The molecule has 0 fully saturated rings. The quantitative estimate of drug-likeness (QED) is 0.248. The molecule has 27 heavy (non-hydrogen) atoms. The van der Waals surface area contributed by atoms with Crippen molar-refractivity contribution in [2.45, 2.75) is 13.0 Å². The molecule has 0 aliphatic carbocycles. The predicted molar refractivity (Wildman–Crippen MR) is 122 cm³/mol. The number of benzene rings is 2. The maximum absolute atomic E-state index is 5.68. The number of para-hydroxylation sites is 1. The molecule has 2 N–H and O–H groups in total. The minimum atomic E-state index is 0. The van der Waals surface area contributed by atoms with Crippen LogP contribution in [0.2, 0.25) is 0 Å². The summed E-state index contributed by atoms with van der Waals surface area (Å²) in [5.41, 5.74) is 2.29. The molecule has 2 aromatic carbocycles. The highest BCUT2D eigenvalue weighted by atomic mass is 127. The van der Waals surface area contributed by atoms with E-state index in [4.69, 9.17) is 9.47 Å². The Kier molecular flexibility index (Phi) is 11.0. The van der Waals surface area contributed by atoms with Crippen LogP contribution in [0.4, 0.5) is 0 Å². The standard InChI is InChI=1S/C21H27N3O2.HI/c1-4-14-26-20-11-6-5-9-18(20)16-24-21(22-2)23-13-12-17-8-7-10-19(15-17)25-3;/h4-11,15H,1,12-14,16H2,2-3H3,(H2,22,23,24);1H. The van der Waals surface area contributed by atoms with E-state index >= 15 is 0 Å². The maximum Gasteiger partial charge on any atom is 0.191 e. The monoisotopic (exact) mass is 481 g/mol. The molecule has 0 amide bonds. The third-order valence-electron chi connectivity index (χ3n) is 3.84. The molecule has 0 bridgehead atoms. The fourth-order valence-corrected chi connectivity index (χ4v) is 2.49. The first-order valence-corrected chi connectivity index (χ1v) is 8.66. The molecule has 2 aromatic rings. The zero-order valence-electron chi connectivity index (χ0n) is 15.9. The second kappa shape index (κ2) is 13.0. The van der Waals surface area contributed by atoms with Crippen LogP contribution >= 0.6 is 24.0 Å². The Hall–Kier alpha value is -2.22. The van der Waals surface area contributed by atoms with Gasteiger partial charge >= 0.3 is 0 Å². The number of methoxy groups -OCH3 is 1. The number of rotatable bonds is 9. The van der Waals surface area contributed by atoms with E-state index in [9.17, 15) is 0 Å². The summed E-state index contributed by atoms with van der Waals surface area (Å²) in [7, 11) is 3.45. The Morgan fingerprint density at radius 3 is 2.70 bits per heavy atom. The molecular formula is C21H28IN3O2. The molecule has 0 aliphatic rings. The van der Waals surface area contributed by atoms with Gasteiger partial charge in [0.05, 0.1) is 7.11 Å². The van der Waals surface area contributed by atoms with Gasteiger partial charge in [-0.2, -0.15) is 0 Å². The molecule has 0 spiro atoms. The second-order valence-corrected chi connectivity index (χ2v) is 5.66. The smallest absolute Gasteiger partial charge is 0.191 e. The van der Waals surface area contributed by atoms with Crippen molar-refractivity contribution in [2.75, 3.05) is 27.3 Å². The number of guanidine groups is 1. The molecule has 0 saturated carbocycles. The van der Waals surface area contributed by atoms with Gasteiger partial charge in [0.2, 0.25) is 0 Å². The van der Waals surface area contributed by atoms with Crippen LogP contribution in [-0.2, 0) is 13.0 Å². The van der Waals surface area contributed by atoms with E-state index in [0.29, 0.717) is 13.2 Å². The number of nitrogens with one attached hydrogen (secondary N) is 2. The molecule has 0 aliphatic heterocycles. The lowest BCUT2D eigenvalue weighted by Gasteiger charge is -2.14. The molecule has 0 saturated heterocycles. The Labute approximate surface area is 178 Å². The van der Waals surface area contributed by atoms with Crippen molar-refractivity contribution < 1.29 is 9.47 Å². The third-order valence-corrected chi connectivity index (χ3v) is 3.84.